The quantitative estimate of drug-likeness (QED) is 0.696. The molecule has 0 aromatic heterocycles. The fourth-order valence-electron chi connectivity index (χ4n) is 2.16. The molecule has 4 heteroatoms. The summed E-state index contributed by atoms with van der Waals surface area (Å²) in [4.78, 5) is 11.9. The van der Waals surface area contributed by atoms with Crippen LogP contribution in [0.15, 0.2) is 18.2 Å². The van der Waals surface area contributed by atoms with Gasteiger partial charge in [-0.05, 0) is 58.2 Å². The molecular formula is C19H31NO3. The van der Waals surface area contributed by atoms with Gasteiger partial charge in [-0.15, -0.1) is 0 Å². The van der Waals surface area contributed by atoms with Crippen LogP contribution >= 0.6 is 0 Å². The monoisotopic (exact) mass is 321 g/mol. The van der Waals surface area contributed by atoms with Crippen LogP contribution in [0.5, 0.6) is 11.5 Å². The molecule has 23 heavy (non-hydrogen) atoms. The van der Waals surface area contributed by atoms with Crippen molar-refractivity contribution in [2.75, 3.05) is 13.2 Å². The van der Waals surface area contributed by atoms with Crippen LogP contribution in [0, 0.1) is 0 Å². The first-order valence-corrected chi connectivity index (χ1v) is 8.55. The molecule has 0 saturated carbocycles. The van der Waals surface area contributed by atoms with Gasteiger partial charge in [0.05, 0.1) is 13.2 Å². The fraction of sp³-hybridized carbons (Fsp3) is 0.632. The first-order valence-electron chi connectivity index (χ1n) is 8.55. The molecule has 0 bridgehead atoms. The molecule has 1 amide bonds. The van der Waals surface area contributed by atoms with E-state index >= 15 is 0 Å². The fourth-order valence-corrected chi connectivity index (χ4v) is 2.16. The summed E-state index contributed by atoms with van der Waals surface area (Å²) in [5, 5.41) is 2.98. The van der Waals surface area contributed by atoms with Crippen LogP contribution in [0.25, 0.3) is 0 Å². The van der Waals surface area contributed by atoms with Crippen LogP contribution in [0.3, 0.4) is 0 Å². The number of carbonyl (C=O) groups excluding carboxylic acids is 1. The highest BCUT2D eigenvalue weighted by Gasteiger charge is 2.14. The zero-order chi connectivity index (χ0) is 17.3. The number of rotatable bonds is 9. The minimum absolute atomic E-state index is 0.0683. The summed E-state index contributed by atoms with van der Waals surface area (Å²) in [5.41, 5.74) is 0.894. The van der Waals surface area contributed by atoms with E-state index in [1.807, 2.05) is 45.9 Å². The molecule has 4 nitrogen and oxygen atoms in total. The Labute approximate surface area is 140 Å². The Bertz CT molecular complexity index is 492. The Hall–Kier alpha value is -1.71. The third-order valence-electron chi connectivity index (χ3n) is 3.22. The number of benzene rings is 1. The third kappa shape index (κ3) is 7.91. The van der Waals surface area contributed by atoms with E-state index in [1.54, 1.807) is 0 Å². The molecule has 0 heterocycles. The lowest BCUT2D eigenvalue weighted by molar-refractivity contribution is -0.122. The van der Waals surface area contributed by atoms with E-state index < -0.39 is 0 Å². The van der Waals surface area contributed by atoms with Crippen molar-refractivity contribution in [2.45, 2.75) is 65.8 Å². The lowest BCUT2D eigenvalue weighted by Crippen LogP contribution is -2.40. The highest BCUT2D eigenvalue weighted by atomic mass is 16.5. The second kappa shape index (κ2) is 9.43. The highest BCUT2D eigenvalue weighted by molar-refractivity contribution is 5.76. The molecular weight excluding hydrogens is 290 g/mol. The van der Waals surface area contributed by atoms with Crippen molar-refractivity contribution in [1.82, 2.24) is 5.32 Å². The van der Waals surface area contributed by atoms with E-state index in [-0.39, 0.29) is 11.4 Å². The van der Waals surface area contributed by atoms with Crippen molar-refractivity contribution in [2.24, 2.45) is 0 Å². The van der Waals surface area contributed by atoms with Crippen LogP contribution < -0.4 is 14.8 Å². The molecule has 1 aromatic carbocycles. The number of ether oxygens (including phenoxy) is 2. The van der Waals surface area contributed by atoms with E-state index in [4.69, 9.17) is 9.47 Å². The van der Waals surface area contributed by atoms with Crippen molar-refractivity contribution in [3.05, 3.63) is 23.8 Å². The van der Waals surface area contributed by atoms with Gasteiger partial charge >= 0.3 is 0 Å². The molecule has 0 unspecified atom stereocenters. The molecule has 130 valence electrons. The molecule has 0 fully saturated rings. The molecule has 0 spiro atoms. The SMILES string of the molecule is CCCCOc1ccc(CCC(=O)NC(C)(C)C)cc1OCC. The Morgan fingerprint density at radius 3 is 2.48 bits per heavy atom. The van der Waals surface area contributed by atoms with Crippen LogP contribution in [0.2, 0.25) is 0 Å². The summed E-state index contributed by atoms with van der Waals surface area (Å²) in [5.74, 6) is 1.61. The van der Waals surface area contributed by atoms with Crippen LogP contribution in [0.1, 0.15) is 59.4 Å². The molecule has 0 radical (unpaired) electrons. The summed E-state index contributed by atoms with van der Waals surface area (Å²) >= 11 is 0. The summed E-state index contributed by atoms with van der Waals surface area (Å²) in [7, 11) is 0. The van der Waals surface area contributed by atoms with Crippen molar-refractivity contribution in [3.8, 4) is 11.5 Å². The number of hydrogen-bond acceptors (Lipinski definition) is 3. The minimum Gasteiger partial charge on any atom is -0.490 e. The van der Waals surface area contributed by atoms with Gasteiger partial charge in [0.2, 0.25) is 5.91 Å². The van der Waals surface area contributed by atoms with Crippen LogP contribution in [-0.4, -0.2) is 24.7 Å². The smallest absolute Gasteiger partial charge is 0.220 e. The topological polar surface area (TPSA) is 47.6 Å². The molecule has 0 saturated heterocycles. The van der Waals surface area contributed by atoms with Gasteiger partial charge in [0.15, 0.2) is 11.5 Å². The normalized spacial score (nSPS) is 11.2. The number of unbranched alkanes of at least 4 members (excludes halogenated alkanes) is 1. The van der Waals surface area contributed by atoms with E-state index in [1.165, 1.54) is 0 Å². The lowest BCUT2D eigenvalue weighted by Gasteiger charge is -2.20. The molecule has 0 aliphatic carbocycles. The second-order valence-electron chi connectivity index (χ2n) is 6.71. The van der Waals surface area contributed by atoms with Gasteiger partial charge in [-0.25, -0.2) is 0 Å². The minimum atomic E-state index is -0.190. The van der Waals surface area contributed by atoms with Crippen LogP contribution in [-0.2, 0) is 11.2 Å². The molecule has 1 N–H and O–H groups in total. The maximum absolute atomic E-state index is 11.9. The third-order valence-corrected chi connectivity index (χ3v) is 3.22. The summed E-state index contributed by atoms with van der Waals surface area (Å²) in [6, 6.07) is 5.93. The van der Waals surface area contributed by atoms with Gasteiger partial charge < -0.3 is 14.8 Å². The Kier molecular flexibility index (Phi) is 7.93. The van der Waals surface area contributed by atoms with Gasteiger partial charge in [0.1, 0.15) is 0 Å². The van der Waals surface area contributed by atoms with E-state index in [0.29, 0.717) is 26.1 Å². The van der Waals surface area contributed by atoms with Gasteiger partial charge in [-0.3, -0.25) is 4.79 Å². The zero-order valence-corrected chi connectivity index (χ0v) is 15.2. The molecule has 0 atom stereocenters. The number of aryl methyl sites for hydroxylation is 1. The Morgan fingerprint density at radius 1 is 1.13 bits per heavy atom. The predicted molar refractivity (Wildman–Crippen MR) is 94.2 cm³/mol. The second-order valence-corrected chi connectivity index (χ2v) is 6.71. The maximum atomic E-state index is 11.9. The van der Waals surface area contributed by atoms with Crippen LogP contribution in [0.4, 0.5) is 0 Å². The largest absolute Gasteiger partial charge is 0.490 e. The average molecular weight is 321 g/mol. The standard InChI is InChI=1S/C19H31NO3/c1-6-8-13-23-16-11-9-15(14-17(16)22-7-2)10-12-18(21)20-19(3,4)5/h9,11,14H,6-8,10,12-13H2,1-5H3,(H,20,21). The molecule has 1 aromatic rings. The van der Waals surface area contributed by atoms with Crippen molar-refractivity contribution in [3.63, 3.8) is 0 Å². The lowest BCUT2D eigenvalue weighted by atomic mass is 10.1. The molecule has 1 rings (SSSR count). The van der Waals surface area contributed by atoms with E-state index in [9.17, 15) is 4.79 Å². The number of hydrogen-bond donors (Lipinski definition) is 1. The summed E-state index contributed by atoms with van der Waals surface area (Å²) < 4.78 is 11.4. The maximum Gasteiger partial charge on any atom is 0.220 e. The summed E-state index contributed by atoms with van der Waals surface area (Å²) in [6.45, 7) is 11.3. The van der Waals surface area contributed by atoms with E-state index in [2.05, 4.69) is 12.2 Å². The van der Waals surface area contributed by atoms with Gasteiger partial charge in [0.25, 0.3) is 0 Å². The number of carbonyl (C=O) groups is 1. The zero-order valence-electron chi connectivity index (χ0n) is 15.2. The number of nitrogens with one attached hydrogen (secondary N) is 1. The van der Waals surface area contributed by atoms with Crippen molar-refractivity contribution >= 4 is 5.91 Å². The first kappa shape index (κ1) is 19.3. The van der Waals surface area contributed by atoms with Crippen molar-refractivity contribution in [1.29, 1.82) is 0 Å². The Morgan fingerprint density at radius 2 is 1.87 bits per heavy atom. The number of amides is 1. The summed E-state index contributed by atoms with van der Waals surface area (Å²) in [6.07, 6.45) is 3.29. The van der Waals surface area contributed by atoms with Crippen molar-refractivity contribution < 1.29 is 14.3 Å². The first-order chi connectivity index (χ1) is 10.9. The highest BCUT2D eigenvalue weighted by Crippen LogP contribution is 2.29. The van der Waals surface area contributed by atoms with Gasteiger partial charge in [-0.2, -0.15) is 0 Å². The van der Waals surface area contributed by atoms with Gasteiger partial charge in [-0.1, -0.05) is 19.4 Å². The molecule has 0 aliphatic heterocycles. The predicted octanol–water partition coefficient (Wildman–Crippen LogP) is 4.11. The van der Waals surface area contributed by atoms with E-state index in [0.717, 1.165) is 29.9 Å². The average Bonchev–Trinajstić information content (AvgIpc) is 2.46. The van der Waals surface area contributed by atoms with Gasteiger partial charge in [0, 0.05) is 12.0 Å². The Balaban J connectivity index is 2.65. The molecule has 0 aliphatic rings.